The summed E-state index contributed by atoms with van der Waals surface area (Å²) in [6.45, 7) is 2.99. The maximum Gasteiger partial charge on any atom is 0.343 e. The Morgan fingerprint density at radius 2 is 1.80 bits per heavy atom. The second kappa shape index (κ2) is 8.54. The van der Waals surface area contributed by atoms with E-state index in [9.17, 15) is 18.8 Å². The van der Waals surface area contributed by atoms with E-state index in [1.165, 1.54) is 23.7 Å². The molecule has 30 heavy (non-hydrogen) atoms. The SMILES string of the molecule is Cc1c(NC(=O)C(C)OC(=O)c2c(F)cccc2Cl)c(=O)n(-c2ccccc2)n1C. The maximum absolute atomic E-state index is 13.9. The number of para-hydroxylation sites is 1. The van der Waals surface area contributed by atoms with Crippen molar-refractivity contribution >= 4 is 29.2 Å². The Kier molecular flexibility index (Phi) is 6.07. The molecular weight excluding hydrogens is 413 g/mol. The lowest BCUT2D eigenvalue weighted by Gasteiger charge is -2.14. The smallest absolute Gasteiger partial charge is 0.343 e. The molecule has 1 unspecified atom stereocenters. The minimum atomic E-state index is -1.29. The zero-order valence-corrected chi connectivity index (χ0v) is 17.2. The van der Waals surface area contributed by atoms with Gasteiger partial charge >= 0.3 is 5.97 Å². The highest BCUT2D eigenvalue weighted by atomic mass is 35.5. The van der Waals surface area contributed by atoms with Gasteiger partial charge in [0.1, 0.15) is 17.1 Å². The molecule has 1 aromatic heterocycles. The topological polar surface area (TPSA) is 82.3 Å². The number of esters is 1. The molecule has 0 radical (unpaired) electrons. The Morgan fingerprint density at radius 3 is 2.43 bits per heavy atom. The number of hydrogen-bond donors (Lipinski definition) is 1. The van der Waals surface area contributed by atoms with E-state index >= 15 is 0 Å². The molecule has 3 aromatic rings. The number of anilines is 1. The number of nitrogens with zero attached hydrogens (tertiary/aromatic N) is 2. The summed E-state index contributed by atoms with van der Waals surface area (Å²) in [4.78, 5) is 37.6. The van der Waals surface area contributed by atoms with Gasteiger partial charge in [0.05, 0.1) is 16.4 Å². The van der Waals surface area contributed by atoms with E-state index in [1.54, 1.807) is 42.9 Å². The highest BCUT2D eigenvalue weighted by molar-refractivity contribution is 6.33. The minimum absolute atomic E-state index is 0.0539. The van der Waals surface area contributed by atoms with Crippen LogP contribution in [0.5, 0.6) is 0 Å². The number of hydrogen-bond acceptors (Lipinski definition) is 4. The van der Waals surface area contributed by atoms with Crippen molar-refractivity contribution in [2.24, 2.45) is 7.05 Å². The Morgan fingerprint density at radius 1 is 1.13 bits per heavy atom. The Balaban J connectivity index is 1.81. The van der Waals surface area contributed by atoms with Gasteiger partial charge in [-0.05, 0) is 38.1 Å². The first-order valence-electron chi connectivity index (χ1n) is 9.02. The van der Waals surface area contributed by atoms with Gasteiger partial charge in [0.2, 0.25) is 0 Å². The molecule has 2 aromatic carbocycles. The molecule has 1 heterocycles. The zero-order chi connectivity index (χ0) is 22.0. The van der Waals surface area contributed by atoms with E-state index in [0.29, 0.717) is 11.4 Å². The number of carbonyl (C=O) groups excluding carboxylic acids is 2. The van der Waals surface area contributed by atoms with Crippen molar-refractivity contribution in [2.75, 3.05) is 5.32 Å². The van der Waals surface area contributed by atoms with Crippen LogP contribution in [0.4, 0.5) is 10.1 Å². The molecule has 1 N–H and O–H groups in total. The number of ether oxygens (including phenoxy) is 1. The number of nitrogens with one attached hydrogen (secondary N) is 1. The molecule has 0 spiro atoms. The predicted octanol–water partition coefficient (Wildman–Crippen LogP) is 3.46. The van der Waals surface area contributed by atoms with E-state index in [4.69, 9.17) is 16.3 Å². The number of rotatable bonds is 5. The van der Waals surface area contributed by atoms with E-state index in [0.717, 1.165) is 6.07 Å². The molecule has 0 saturated carbocycles. The summed E-state index contributed by atoms with van der Waals surface area (Å²) in [5.41, 5.74) is 0.291. The normalized spacial score (nSPS) is 11.8. The first-order valence-corrected chi connectivity index (χ1v) is 9.40. The van der Waals surface area contributed by atoms with E-state index in [2.05, 4.69) is 5.32 Å². The van der Waals surface area contributed by atoms with Crippen molar-refractivity contribution < 1.29 is 18.7 Å². The van der Waals surface area contributed by atoms with Gasteiger partial charge in [0.15, 0.2) is 6.10 Å². The van der Waals surface area contributed by atoms with Gasteiger partial charge in [-0.3, -0.25) is 14.3 Å². The summed E-state index contributed by atoms with van der Waals surface area (Å²) < 4.78 is 21.9. The summed E-state index contributed by atoms with van der Waals surface area (Å²) in [5, 5.41) is 2.37. The lowest BCUT2D eigenvalue weighted by molar-refractivity contribution is -0.123. The van der Waals surface area contributed by atoms with Crippen molar-refractivity contribution in [3.8, 4) is 5.69 Å². The average Bonchev–Trinajstić information content (AvgIpc) is 2.91. The molecule has 156 valence electrons. The number of aromatic nitrogens is 2. The number of benzene rings is 2. The fourth-order valence-electron chi connectivity index (χ4n) is 2.90. The molecule has 1 amide bonds. The zero-order valence-electron chi connectivity index (χ0n) is 16.5. The first-order chi connectivity index (χ1) is 14.2. The average molecular weight is 432 g/mol. The summed E-state index contributed by atoms with van der Waals surface area (Å²) >= 11 is 5.85. The fraction of sp³-hybridized carbons (Fsp3) is 0.190. The standard InChI is InChI=1S/C21H19ClFN3O4/c1-12-18(20(28)26(25(12)3)14-8-5-4-6-9-14)24-19(27)13(2)30-21(29)17-15(22)10-7-11-16(17)23/h4-11,13H,1-3H3,(H,24,27). The van der Waals surface area contributed by atoms with Crippen LogP contribution in [-0.2, 0) is 16.6 Å². The monoisotopic (exact) mass is 431 g/mol. The molecule has 9 heteroatoms. The molecule has 0 bridgehead atoms. The molecule has 0 aliphatic rings. The highest BCUT2D eigenvalue weighted by Crippen LogP contribution is 2.21. The van der Waals surface area contributed by atoms with Crippen LogP contribution in [-0.4, -0.2) is 27.3 Å². The Labute approximate surface area is 176 Å². The van der Waals surface area contributed by atoms with E-state index < -0.39 is 34.9 Å². The summed E-state index contributed by atoms with van der Waals surface area (Å²) in [5.74, 6) is -2.67. The van der Waals surface area contributed by atoms with Crippen molar-refractivity contribution in [2.45, 2.75) is 20.0 Å². The van der Waals surface area contributed by atoms with Crippen molar-refractivity contribution in [1.29, 1.82) is 0 Å². The van der Waals surface area contributed by atoms with Crippen LogP contribution >= 0.6 is 11.6 Å². The first kappa shape index (κ1) is 21.3. The van der Waals surface area contributed by atoms with Gasteiger partial charge < -0.3 is 10.1 Å². The number of carbonyl (C=O) groups is 2. The van der Waals surface area contributed by atoms with Gasteiger partial charge in [-0.1, -0.05) is 35.9 Å². The van der Waals surface area contributed by atoms with Crippen LogP contribution in [0.25, 0.3) is 5.69 Å². The van der Waals surface area contributed by atoms with Crippen LogP contribution in [0.2, 0.25) is 5.02 Å². The largest absolute Gasteiger partial charge is 0.449 e. The van der Waals surface area contributed by atoms with Gasteiger partial charge in [-0.15, -0.1) is 0 Å². The van der Waals surface area contributed by atoms with Gasteiger partial charge in [0, 0.05) is 7.05 Å². The third-order valence-electron chi connectivity index (χ3n) is 4.62. The van der Waals surface area contributed by atoms with Crippen LogP contribution in [0.1, 0.15) is 23.0 Å². The maximum atomic E-state index is 13.9. The second-order valence-electron chi connectivity index (χ2n) is 6.57. The fourth-order valence-corrected chi connectivity index (χ4v) is 3.14. The van der Waals surface area contributed by atoms with Crippen LogP contribution < -0.4 is 10.9 Å². The molecule has 7 nitrogen and oxygen atoms in total. The molecule has 0 aliphatic carbocycles. The van der Waals surface area contributed by atoms with Gasteiger partial charge in [0.25, 0.3) is 11.5 Å². The molecule has 0 saturated heterocycles. The molecule has 0 fully saturated rings. The van der Waals surface area contributed by atoms with Crippen molar-refractivity contribution in [3.63, 3.8) is 0 Å². The third kappa shape index (κ3) is 3.99. The highest BCUT2D eigenvalue weighted by Gasteiger charge is 2.25. The second-order valence-corrected chi connectivity index (χ2v) is 6.98. The van der Waals surface area contributed by atoms with Crippen LogP contribution in [0, 0.1) is 12.7 Å². The predicted molar refractivity (Wildman–Crippen MR) is 111 cm³/mol. The van der Waals surface area contributed by atoms with Crippen molar-refractivity contribution in [1.82, 2.24) is 9.36 Å². The molecule has 0 aliphatic heterocycles. The number of halogens is 2. The summed E-state index contributed by atoms with van der Waals surface area (Å²) in [7, 11) is 1.68. The Bertz CT molecular complexity index is 1150. The lowest BCUT2D eigenvalue weighted by Crippen LogP contribution is -2.32. The van der Waals surface area contributed by atoms with Gasteiger partial charge in [-0.2, -0.15) is 0 Å². The molecule has 3 rings (SSSR count). The number of amides is 1. The quantitative estimate of drug-likeness (QED) is 0.627. The van der Waals surface area contributed by atoms with Crippen molar-refractivity contribution in [3.05, 3.63) is 81.0 Å². The molecule has 1 atom stereocenters. The third-order valence-corrected chi connectivity index (χ3v) is 4.94. The van der Waals surface area contributed by atoms with E-state index in [-0.39, 0.29) is 10.7 Å². The minimum Gasteiger partial charge on any atom is -0.449 e. The lowest BCUT2D eigenvalue weighted by atomic mass is 10.2. The van der Waals surface area contributed by atoms with Crippen LogP contribution in [0.3, 0.4) is 0 Å². The van der Waals surface area contributed by atoms with E-state index in [1.807, 2.05) is 6.07 Å². The molecular formula is C21H19ClFN3O4. The summed E-state index contributed by atoms with van der Waals surface area (Å²) in [6.07, 6.45) is -1.29. The summed E-state index contributed by atoms with van der Waals surface area (Å²) in [6, 6.07) is 12.7. The van der Waals surface area contributed by atoms with Gasteiger partial charge in [-0.25, -0.2) is 13.9 Å². The Hall–Kier alpha value is -3.39. The van der Waals surface area contributed by atoms with Crippen LogP contribution in [0.15, 0.2) is 53.3 Å².